The van der Waals surface area contributed by atoms with E-state index in [0.717, 1.165) is 11.1 Å². The maximum Gasteiger partial charge on any atom is 0.303 e. The molecule has 2 unspecified atom stereocenters. The lowest BCUT2D eigenvalue weighted by molar-refractivity contribution is -0.139. The van der Waals surface area contributed by atoms with E-state index in [0.29, 0.717) is 17.7 Å². The van der Waals surface area contributed by atoms with Gasteiger partial charge < -0.3 is 20.6 Å². The predicted octanol–water partition coefficient (Wildman–Crippen LogP) is 3.40. The Labute approximate surface area is 204 Å². The Bertz CT molecular complexity index is 1190. The zero-order valence-corrected chi connectivity index (χ0v) is 19.8. The van der Waals surface area contributed by atoms with Crippen LogP contribution in [0.2, 0.25) is 0 Å². The SMILES string of the molecule is CC(C)(CC(=O)O)CC(=O)NC1CC2C(=O)Nc3ccc(C=Cc4ccccc4)cc3C(=O)N2C1. The Morgan fingerprint density at radius 1 is 1.09 bits per heavy atom. The van der Waals surface area contributed by atoms with Gasteiger partial charge in [-0.1, -0.05) is 62.4 Å². The number of carboxylic acid groups (broad SMARTS) is 1. The molecular weight excluding hydrogens is 446 g/mol. The van der Waals surface area contributed by atoms with Crippen LogP contribution in [0.1, 0.15) is 54.6 Å². The van der Waals surface area contributed by atoms with Crippen LogP contribution in [-0.2, 0) is 14.4 Å². The number of hydrogen-bond acceptors (Lipinski definition) is 4. The first-order valence-electron chi connectivity index (χ1n) is 11.6. The van der Waals surface area contributed by atoms with Crippen molar-refractivity contribution in [2.75, 3.05) is 11.9 Å². The number of hydrogen-bond donors (Lipinski definition) is 3. The van der Waals surface area contributed by atoms with Crippen LogP contribution in [0.15, 0.2) is 48.5 Å². The standard InChI is InChI=1S/C27H29N3O5/c1-27(2,15-24(32)33)14-23(31)28-19-13-22-25(34)29-21-11-10-18(9-8-17-6-4-3-5-7-17)12-20(21)26(35)30(22)16-19/h3-12,19,22H,13-16H2,1-2H3,(H,28,31)(H,29,34)(H,32,33). The molecule has 0 saturated carbocycles. The lowest BCUT2D eigenvalue weighted by Crippen LogP contribution is -2.41. The molecule has 8 nitrogen and oxygen atoms in total. The molecule has 2 aliphatic rings. The number of amides is 3. The van der Waals surface area contributed by atoms with Crippen molar-refractivity contribution in [1.29, 1.82) is 0 Å². The quantitative estimate of drug-likeness (QED) is 0.531. The summed E-state index contributed by atoms with van der Waals surface area (Å²) in [7, 11) is 0. The summed E-state index contributed by atoms with van der Waals surface area (Å²) < 4.78 is 0. The second-order valence-electron chi connectivity index (χ2n) is 9.92. The Morgan fingerprint density at radius 3 is 2.51 bits per heavy atom. The molecule has 1 fully saturated rings. The van der Waals surface area contributed by atoms with E-state index in [-0.39, 0.29) is 43.1 Å². The zero-order chi connectivity index (χ0) is 25.2. The van der Waals surface area contributed by atoms with E-state index in [2.05, 4.69) is 10.6 Å². The van der Waals surface area contributed by atoms with Crippen LogP contribution >= 0.6 is 0 Å². The molecule has 2 aliphatic heterocycles. The predicted molar refractivity (Wildman–Crippen MR) is 132 cm³/mol. The van der Waals surface area contributed by atoms with Gasteiger partial charge in [0.25, 0.3) is 5.91 Å². The van der Waals surface area contributed by atoms with Gasteiger partial charge in [-0.25, -0.2) is 0 Å². The van der Waals surface area contributed by atoms with Crippen LogP contribution in [-0.4, -0.2) is 52.3 Å². The highest BCUT2D eigenvalue weighted by molar-refractivity contribution is 6.10. The molecule has 0 aromatic heterocycles. The highest BCUT2D eigenvalue weighted by Crippen LogP contribution is 2.31. The number of carbonyl (C=O) groups excluding carboxylic acids is 3. The molecule has 3 amide bonds. The maximum atomic E-state index is 13.4. The van der Waals surface area contributed by atoms with Crippen LogP contribution in [0, 0.1) is 5.41 Å². The molecule has 0 bridgehead atoms. The van der Waals surface area contributed by atoms with Crippen LogP contribution in [0.25, 0.3) is 12.2 Å². The van der Waals surface area contributed by atoms with Gasteiger partial charge in [0.2, 0.25) is 11.8 Å². The van der Waals surface area contributed by atoms with E-state index >= 15 is 0 Å². The summed E-state index contributed by atoms with van der Waals surface area (Å²) >= 11 is 0. The molecule has 3 N–H and O–H groups in total. The molecule has 35 heavy (non-hydrogen) atoms. The van der Waals surface area contributed by atoms with Gasteiger partial charge in [0.05, 0.1) is 17.7 Å². The van der Waals surface area contributed by atoms with E-state index in [4.69, 9.17) is 5.11 Å². The van der Waals surface area contributed by atoms with E-state index in [1.807, 2.05) is 48.6 Å². The lowest BCUT2D eigenvalue weighted by Gasteiger charge is -2.23. The molecule has 0 radical (unpaired) electrons. The van der Waals surface area contributed by atoms with Crippen molar-refractivity contribution in [3.63, 3.8) is 0 Å². The fourth-order valence-electron chi connectivity index (χ4n) is 4.68. The smallest absolute Gasteiger partial charge is 0.303 e. The van der Waals surface area contributed by atoms with Crippen molar-refractivity contribution in [2.45, 2.75) is 45.2 Å². The monoisotopic (exact) mass is 475 g/mol. The molecule has 4 rings (SSSR count). The largest absolute Gasteiger partial charge is 0.481 e. The third-order valence-corrected chi connectivity index (χ3v) is 6.30. The molecule has 2 heterocycles. The first-order chi connectivity index (χ1) is 16.6. The van der Waals surface area contributed by atoms with E-state index < -0.39 is 17.4 Å². The first-order valence-corrected chi connectivity index (χ1v) is 11.6. The number of anilines is 1. The fraction of sp³-hybridized carbons (Fsp3) is 0.333. The van der Waals surface area contributed by atoms with E-state index in [1.54, 1.807) is 26.0 Å². The summed E-state index contributed by atoms with van der Waals surface area (Å²) in [4.78, 5) is 51.4. The minimum absolute atomic E-state index is 0.0422. The molecule has 1 saturated heterocycles. The number of benzene rings is 2. The second-order valence-corrected chi connectivity index (χ2v) is 9.92. The molecule has 2 aromatic rings. The fourth-order valence-corrected chi connectivity index (χ4v) is 4.68. The van der Waals surface area contributed by atoms with Crippen LogP contribution in [0.3, 0.4) is 0 Å². The molecule has 0 aliphatic carbocycles. The van der Waals surface area contributed by atoms with Gasteiger partial charge in [0.15, 0.2) is 0 Å². The number of carboxylic acids is 1. The maximum absolute atomic E-state index is 13.4. The average Bonchev–Trinajstić information content (AvgIpc) is 3.17. The second kappa shape index (κ2) is 9.74. The first kappa shape index (κ1) is 24.2. The summed E-state index contributed by atoms with van der Waals surface area (Å²) in [6.45, 7) is 3.66. The number of rotatable bonds is 7. The minimum Gasteiger partial charge on any atom is -0.481 e. The Morgan fingerprint density at radius 2 is 1.80 bits per heavy atom. The van der Waals surface area contributed by atoms with Gasteiger partial charge in [0, 0.05) is 19.0 Å². The van der Waals surface area contributed by atoms with E-state index in [1.165, 1.54) is 4.90 Å². The third-order valence-electron chi connectivity index (χ3n) is 6.30. The van der Waals surface area contributed by atoms with Crippen molar-refractivity contribution in [3.8, 4) is 0 Å². The summed E-state index contributed by atoms with van der Waals surface area (Å²) in [5, 5.41) is 14.8. The van der Waals surface area contributed by atoms with Gasteiger partial charge in [-0.3, -0.25) is 19.2 Å². The van der Waals surface area contributed by atoms with Gasteiger partial charge in [0.1, 0.15) is 6.04 Å². The lowest BCUT2D eigenvalue weighted by atomic mass is 9.85. The van der Waals surface area contributed by atoms with Crippen LogP contribution in [0.5, 0.6) is 0 Å². The van der Waals surface area contributed by atoms with Crippen molar-refractivity contribution in [3.05, 3.63) is 65.2 Å². The number of aliphatic carboxylic acids is 1. The van der Waals surface area contributed by atoms with E-state index in [9.17, 15) is 19.2 Å². The van der Waals surface area contributed by atoms with Crippen molar-refractivity contribution in [2.24, 2.45) is 5.41 Å². The van der Waals surface area contributed by atoms with Crippen molar-refractivity contribution in [1.82, 2.24) is 10.2 Å². The molecule has 0 spiro atoms. The topological polar surface area (TPSA) is 116 Å². The highest BCUT2D eigenvalue weighted by atomic mass is 16.4. The average molecular weight is 476 g/mol. The van der Waals surface area contributed by atoms with Crippen molar-refractivity contribution < 1.29 is 24.3 Å². The summed E-state index contributed by atoms with van der Waals surface area (Å²) in [6.07, 6.45) is 4.09. The number of nitrogens with zero attached hydrogens (tertiary/aromatic N) is 1. The number of carbonyl (C=O) groups is 4. The Balaban J connectivity index is 1.47. The summed E-state index contributed by atoms with van der Waals surface area (Å²) in [5.41, 5.74) is 2.05. The van der Waals surface area contributed by atoms with Gasteiger partial charge in [-0.15, -0.1) is 0 Å². The Kier molecular flexibility index (Phi) is 6.73. The highest BCUT2D eigenvalue weighted by Gasteiger charge is 2.43. The molecule has 2 atom stereocenters. The molecule has 2 aromatic carbocycles. The third kappa shape index (κ3) is 5.77. The zero-order valence-electron chi connectivity index (χ0n) is 19.8. The number of fused-ring (bicyclic) bond motifs is 2. The van der Waals surface area contributed by atoms with Crippen LogP contribution < -0.4 is 10.6 Å². The van der Waals surface area contributed by atoms with Gasteiger partial charge in [-0.2, -0.15) is 0 Å². The van der Waals surface area contributed by atoms with Gasteiger partial charge >= 0.3 is 5.97 Å². The normalized spacial score (nSPS) is 19.7. The number of nitrogens with one attached hydrogen (secondary N) is 2. The van der Waals surface area contributed by atoms with Crippen LogP contribution in [0.4, 0.5) is 5.69 Å². The summed E-state index contributed by atoms with van der Waals surface area (Å²) in [6, 6.07) is 14.1. The summed E-state index contributed by atoms with van der Waals surface area (Å²) in [5.74, 6) is -1.80. The van der Waals surface area contributed by atoms with Crippen molar-refractivity contribution >= 4 is 41.5 Å². The molecule has 182 valence electrons. The molecule has 8 heteroatoms. The Hall–Kier alpha value is -3.94. The minimum atomic E-state index is -0.962. The molecular formula is C27H29N3O5. The van der Waals surface area contributed by atoms with Gasteiger partial charge in [-0.05, 0) is 35.1 Å².